The van der Waals surface area contributed by atoms with Crippen molar-refractivity contribution >= 4 is 29.7 Å². The first-order valence-electron chi connectivity index (χ1n) is 10.7. The lowest BCUT2D eigenvalue weighted by molar-refractivity contribution is -0.139. The molecule has 182 valence electrons. The maximum atomic E-state index is 12.4. The second kappa shape index (κ2) is 13.2. The molecule has 2 amide bonds. The van der Waals surface area contributed by atoms with Crippen molar-refractivity contribution in [2.45, 2.75) is 71.9 Å². The van der Waals surface area contributed by atoms with Gasteiger partial charge < -0.3 is 25.6 Å². The van der Waals surface area contributed by atoms with Gasteiger partial charge in [-0.05, 0) is 69.7 Å². The minimum Gasteiger partial charge on any atom is -0.481 e. The molecule has 33 heavy (non-hydrogen) atoms. The number of amides is 2. The first-order chi connectivity index (χ1) is 15.4. The number of nitrogens with one attached hydrogen (secondary N) is 2. The third-order valence-electron chi connectivity index (χ3n) is 5.20. The number of aryl methyl sites for hydroxylation is 3. The number of ketones is 1. The third-order valence-corrected chi connectivity index (χ3v) is 5.20. The van der Waals surface area contributed by atoms with Crippen molar-refractivity contribution in [2.24, 2.45) is 0 Å². The zero-order chi connectivity index (χ0) is 25.1. The Bertz CT molecular complexity index is 897. The van der Waals surface area contributed by atoms with Gasteiger partial charge in [0.05, 0.1) is 0 Å². The van der Waals surface area contributed by atoms with E-state index in [4.69, 9.17) is 9.84 Å². The first-order valence-corrected chi connectivity index (χ1v) is 10.7. The van der Waals surface area contributed by atoms with E-state index in [0.717, 1.165) is 23.6 Å². The summed E-state index contributed by atoms with van der Waals surface area (Å²) >= 11 is 0. The van der Waals surface area contributed by atoms with Crippen LogP contribution in [0.2, 0.25) is 0 Å². The molecule has 1 aromatic rings. The van der Waals surface area contributed by atoms with Crippen LogP contribution in [0.4, 0.5) is 4.79 Å². The Labute approximate surface area is 192 Å². The number of ether oxygens (including phenoxy) is 1. The highest BCUT2D eigenvalue weighted by molar-refractivity contribution is 5.96. The van der Waals surface area contributed by atoms with E-state index in [9.17, 15) is 29.1 Å². The number of aliphatic carboxylic acids is 2. The molecule has 0 unspecified atom stereocenters. The Hall–Kier alpha value is -3.43. The van der Waals surface area contributed by atoms with Crippen LogP contribution in [0.3, 0.4) is 0 Å². The number of benzene rings is 1. The number of carboxylic acid groups (broad SMARTS) is 2. The van der Waals surface area contributed by atoms with Crippen LogP contribution >= 0.6 is 0 Å². The van der Waals surface area contributed by atoms with Gasteiger partial charge in [-0.3, -0.25) is 14.4 Å². The molecule has 0 aromatic heterocycles. The van der Waals surface area contributed by atoms with Crippen molar-refractivity contribution < 1.29 is 38.9 Å². The Morgan fingerprint density at radius 3 is 2.15 bits per heavy atom. The Balaban J connectivity index is 2.49. The van der Waals surface area contributed by atoms with E-state index in [1.807, 2.05) is 32.9 Å². The average molecular weight is 465 g/mol. The molecule has 10 nitrogen and oxygen atoms in total. The summed E-state index contributed by atoms with van der Waals surface area (Å²) in [6, 6.07) is 2.54. The molecule has 0 radical (unpaired) electrons. The van der Waals surface area contributed by atoms with Gasteiger partial charge in [-0.15, -0.1) is 0 Å². The summed E-state index contributed by atoms with van der Waals surface area (Å²) in [7, 11) is 0. The van der Waals surface area contributed by atoms with Gasteiger partial charge in [0.2, 0.25) is 0 Å². The molecule has 0 fully saturated rings. The molecule has 0 aliphatic heterocycles. The van der Waals surface area contributed by atoms with Crippen molar-refractivity contribution in [3.8, 4) is 0 Å². The summed E-state index contributed by atoms with van der Waals surface area (Å²) in [6.07, 6.45) is -1.96. The van der Waals surface area contributed by atoms with E-state index in [2.05, 4.69) is 10.6 Å². The molecule has 1 rings (SSSR count). The summed E-state index contributed by atoms with van der Waals surface area (Å²) in [5.41, 5.74) is 3.58. The number of carbonyl (C=O) groups excluding carboxylic acids is 3. The van der Waals surface area contributed by atoms with E-state index < -0.39 is 36.0 Å². The normalized spacial score (nSPS) is 12.4. The molecule has 4 N–H and O–H groups in total. The largest absolute Gasteiger partial charge is 0.481 e. The van der Waals surface area contributed by atoms with E-state index >= 15 is 0 Å². The lowest BCUT2D eigenvalue weighted by Gasteiger charge is -2.18. The number of carboxylic acids is 2. The fourth-order valence-corrected chi connectivity index (χ4v) is 3.14. The second-order valence-corrected chi connectivity index (χ2v) is 7.98. The standard InChI is InChI=1S/C23H32N2O8/c1-13-11-15(3)17(12-14(13)2)21(29)24-10-6-5-7-18(22(30)31)25-23(32)33-19(16(4)26)8-9-20(27)28/h11-12,18-19H,5-10H2,1-4H3,(H,24,29)(H,25,32)(H,27,28)(H,30,31)/t18-,19-/m0/s1. The topological polar surface area (TPSA) is 159 Å². The van der Waals surface area contributed by atoms with Crippen LogP contribution in [0.25, 0.3) is 0 Å². The zero-order valence-electron chi connectivity index (χ0n) is 19.4. The van der Waals surface area contributed by atoms with Crippen LogP contribution < -0.4 is 10.6 Å². The summed E-state index contributed by atoms with van der Waals surface area (Å²) in [6.45, 7) is 7.26. The Kier molecular flexibility index (Phi) is 11.0. The lowest BCUT2D eigenvalue weighted by atomic mass is 10.0. The highest BCUT2D eigenvalue weighted by Gasteiger charge is 2.25. The number of hydrogen-bond donors (Lipinski definition) is 4. The van der Waals surface area contributed by atoms with Crippen molar-refractivity contribution in [2.75, 3.05) is 6.54 Å². The quantitative estimate of drug-likeness (QED) is 0.324. The van der Waals surface area contributed by atoms with Crippen LogP contribution in [-0.4, -0.2) is 58.6 Å². The van der Waals surface area contributed by atoms with Crippen molar-refractivity contribution in [1.82, 2.24) is 10.6 Å². The molecule has 1 aromatic carbocycles. The molecule has 0 heterocycles. The average Bonchev–Trinajstić information content (AvgIpc) is 2.71. The SMILES string of the molecule is CC(=O)[C@H](CCC(=O)O)OC(=O)N[C@@H](CCCCNC(=O)c1cc(C)c(C)cc1C)C(=O)O. The van der Waals surface area contributed by atoms with E-state index in [1.165, 1.54) is 0 Å². The number of hydrogen-bond acceptors (Lipinski definition) is 6. The van der Waals surface area contributed by atoms with Crippen LogP contribution in [0, 0.1) is 20.8 Å². The molecule has 0 saturated carbocycles. The third kappa shape index (κ3) is 9.71. The van der Waals surface area contributed by atoms with Gasteiger partial charge in [-0.2, -0.15) is 0 Å². The van der Waals surface area contributed by atoms with Gasteiger partial charge in [0.15, 0.2) is 11.9 Å². The maximum absolute atomic E-state index is 12.4. The number of unbranched alkanes of at least 4 members (excludes halogenated alkanes) is 1. The molecule has 0 aliphatic carbocycles. The van der Waals surface area contributed by atoms with Crippen molar-refractivity contribution in [3.05, 3.63) is 34.4 Å². The zero-order valence-corrected chi connectivity index (χ0v) is 19.4. The van der Waals surface area contributed by atoms with Gasteiger partial charge >= 0.3 is 18.0 Å². The van der Waals surface area contributed by atoms with E-state index in [0.29, 0.717) is 24.9 Å². The fraction of sp³-hybridized carbons (Fsp3) is 0.522. The lowest BCUT2D eigenvalue weighted by Crippen LogP contribution is -2.43. The summed E-state index contributed by atoms with van der Waals surface area (Å²) in [4.78, 5) is 58.0. The molecular formula is C23H32N2O8. The van der Waals surface area contributed by atoms with Crippen LogP contribution in [0.1, 0.15) is 66.1 Å². The molecule has 0 bridgehead atoms. The summed E-state index contributed by atoms with van der Waals surface area (Å²) in [5.74, 6) is -3.16. The van der Waals surface area contributed by atoms with Gasteiger partial charge in [-0.25, -0.2) is 9.59 Å². The molecular weight excluding hydrogens is 432 g/mol. The molecule has 10 heteroatoms. The fourth-order valence-electron chi connectivity index (χ4n) is 3.14. The molecule has 0 spiro atoms. The van der Waals surface area contributed by atoms with Crippen molar-refractivity contribution in [1.29, 1.82) is 0 Å². The predicted octanol–water partition coefficient (Wildman–Crippen LogP) is 2.51. The van der Waals surface area contributed by atoms with Crippen molar-refractivity contribution in [3.63, 3.8) is 0 Å². The van der Waals surface area contributed by atoms with Crippen LogP contribution in [0.15, 0.2) is 12.1 Å². The monoisotopic (exact) mass is 464 g/mol. The first kappa shape index (κ1) is 27.6. The number of rotatable bonds is 13. The maximum Gasteiger partial charge on any atom is 0.408 e. The van der Waals surface area contributed by atoms with Crippen LogP contribution in [-0.2, 0) is 19.1 Å². The molecule has 0 aliphatic rings. The second-order valence-electron chi connectivity index (χ2n) is 7.98. The molecule has 2 atom stereocenters. The van der Waals surface area contributed by atoms with Crippen LogP contribution in [0.5, 0.6) is 0 Å². The van der Waals surface area contributed by atoms with Gasteiger partial charge in [0, 0.05) is 24.9 Å². The highest BCUT2D eigenvalue weighted by Crippen LogP contribution is 2.15. The number of carbonyl (C=O) groups is 5. The number of alkyl carbamates (subject to hydrolysis) is 1. The van der Waals surface area contributed by atoms with E-state index in [1.54, 1.807) is 0 Å². The molecule has 0 saturated heterocycles. The predicted molar refractivity (Wildman–Crippen MR) is 119 cm³/mol. The van der Waals surface area contributed by atoms with Gasteiger partial charge in [0.25, 0.3) is 5.91 Å². The number of Topliss-reactive ketones (excluding diaryl/α,β-unsaturated/α-hetero) is 1. The smallest absolute Gasteiger partial charge is 0.408 e. The Morgan fingerprint density at radius 2 is 1.58 bits per heavy atom. The Morgan fingerprint density at radius 1 is 0.939 bits per heavy atom. The highest BCUT2D eigenvalue weighted by atomic mass is 16.6. The van der Waals surface area contributed by atoms with Gasteiger partial charge in [-0.1, -0.05) is 6.07 Å². The summed E-state index contributed by atoms with van der Waals surface area (Å²) in [5, 5.41) is 23.0. The summed E-state index contributed by atoms with van der Waals surface area (Å²) < 4.78 is 4.90. The van der Waals surface area contributed by atoms with Gasteiger partial charge in [0.1, 0.15) is 6.04 Å². The van der Waals surface area contributed by atoms with E-state index in [-0.39, 0.29) is 25.2 Å². The minimum absolute atomic E-state index is 0.0861. The minimum atomic E-state index is -1.27.